The largest absolute Gasteiger partial charge is 0.370 e. The molecule has 2 rings (SSSR count). The first kappa shape index (κ1) is 14.5. The zero-order chi connectivity index (χ0) is 13.0. The van der Waals surface area contributed by atoms with Gasteiger partial charge in [-0.25, -0.2) is 0 Å². The van der Waals surface area contributed by atoms with Gasteiger partial charge < -0.3 is 4.90 Å². The Hall–Kier alpha value is 0.140. The topological polar surface area (TPSA) is 3.24 Å². The molecule has 1 unspecified atom stereocenters. The summed E-state index contributed by atoms with van der Waals surface area (Å²) in [6.07, 6.45) is 6.07. The van der Waals surface area contributed by atoms with Gasteiger partial charge in [-0.3, -0.25) is 0 Å². The average molecular weight is 349 g/mol. The van der Waals surface area contributed by atoms with Crippen LogP contribution in [0.25, 0.3) is 0 Å². The maximum Gasteiger partial charge on any atom is 0.0642 e. The van der Waals surface area contributed by atoms with Crippen molar-refractivity contribution in [3.05, 3.63) is 28.8 Å². The second kappa shape index (κ2) is 7.06. The van der Waals surface area contributed by atoms with Gasteiger partial charge in [0, 0.05) is 23.7 Å². The molecule has 0 aromatic heterocycles. The molecule has 4 heteroatoms. The molecule has 1 nitrogen and oxygen atoms in total. The SMILES string of the molecule is CSC1CCCN(c2c(Cl)cccc2CBr)CC1. The van der Waals surface area contributed by atoms with Crippen molar-refractivity contribution in [3.8, 4) is 0 Å². The highest BCUT2D eigenvalue weighted by Crippen LogP contribution is 2.33. The summed E-state index contributed by atoms with van der Waals surface area (Å²) in [7, 11) is 0. The quantitative estimate of drug-likeness (QED) is 0.710. The van der Waals surface area contributed by atoms with Crippen LogP contribution >= 0.6 is 39.3 Å². The van der Waals surface area contributed by atoms with Gasteiger partial charge in [-0.15, -0.1) is 0 Å². The molecule has 0 spiro atoms. The van der Waals surface area contributed by atoms with Crippen LogP contribution in [0.1, 0.15) is 24.8 Å². The lowest BCUT2D eigenvalue weighted by atomic mass is 10.1. The summed E-state index contributed by atoms with van der Waals surface area (Å²) in [5, 5.41) is 2.56. The fourth-order valence-electron chi connectivity index (χ4n) is 2.55. The summed E-state index contributed by atoms with van der Waals surface area (Å²) in [4.78, 5) is 2.47. The van der Waals surface area contributed by atoms with E-state index in [0.29, 0.717) is 0 Å². The summed E-state index contributed by atoms with van der Waals surface area (Å²) in [5.74, 6) is 0. The molecule has 0 saturated carbocycles. The van der Waals surface area contributed by atoms with Crippen LogP contribution < -0.4 is 4.90 Å². The second-order valence-electron chi connectivity index (χ2n) is 4.66. The highest BCUT2D eigenvalue weighted by atomic mass is 79.9. The first-order chi connectivity index (χ1) is 8.76. The molecule has 1 atom stereocenters. The van der Waals surface area contributed by atoms with E-state index < -0.39 is 0 Å². The molecule has 0 radical (unpaired) electrons. The minimum Gasteiger partial charge on any atom is -0.370 e. The Morgan fingerprint density at radius 1 is 1.39 bits per heavy atom. The van der Waals surface area contributed by atoms with Crippen molar-refractivity contribution < 1.29 is 0 Å². The van der Waals surface area contributed by atoms with E-state index in [9.17, 15) is 0 Å². The Morgan fingerprint density at radius 3 is 2.94 bits per heavy atom. The van der Waals surface area contributed by atoms with Crippen LogP contribution in [0.15, 0.2) is 18.2 Å². The first-order valence-corrected chi connectivity index (χ1v) is 9.16. The third-order valence-electron chi connectivity index (χ3n) is 3.54. The van der Waals surface area contributed by atoms with Crippen molar-refractivity contribution in [2.24, 2.45) is 0 Å². The lowest BCUT2D eigenvalue weighted by Gasteiger charge is -2.26. The Balaban J connectivity index is 2.20. The van der Waals surface area contributed by atoms with Crippen LogP contribution in [-0.4, -0.2) is 24.6 Å². The molecule has 1 heterocycles. The van der Waals surface area contributed by atoms with Crippen molar-refractivity contribution >= 4 is 45.0 Å². The third kappa shape index (κ3) is 3.37. The predicted molar refractivity (Wildman–Crippen MR) is 87.5 cm³/mol. The molecular formula is C14H19BrClNS. The number of hydrogen-bond donors (Lipinski definition) is 0. The van der Waals surface area contributed by atoms with Gasteiger partial charge in [0.1, 0.15) is 0 Å². The van der Waals surface area contributed by atoms with Gasteiger partial charge in [0.2, 0.25) is 0 Å². The molecule has 1 aromatic carbocycles. The monoisotopic (exact) mass is 347 g/mol. The van der Waals surface area contributed by atoms with E-state index in [1.54, 1.807) is 0 Å². The number of thioether (sulfide) groups is 1. The van der Waals surface area contributed by atoms with Crippen molar-refractivity contribution in [1.29, 1.82) is 0 Å². The van der Waals surface area contributed by atoms with E-state index in [-0.39, 0.29) is 0 Å². The standard InChI is InChI=1S/C14H19BrClNS/c1-18-12-5-3-8-17(9-7-12)14-11(10-15)4-2-6-13(14)16/h2,4,6,12H,3,5,7-10H2,1H3. The van der Waals surface area contributed by atoms with E-state index in [4.69, 9.17) is 11.6 Å². The van der Waals surface area contributed by atoms with Crippen LogP contribution in [0.4, 0.5) is 5.69 Å². The number of alkyl halides is 1. The highest BCUT2D eigenvalue weighted by molar-refractivity contribution is 9.08. The Labute approximate surface area is 127 Å². The normalized spacial score (nSPS) is 20.8. The van der Waals surface area contributed by atoms with Gasteiger partial charge in [0.25, 0.3) is 0 Å². The number of benzene rings is 1. The molecule has 0 aliphatic carbocycles. The van der Waals surface area contributed by atoms with Gasteiger partial charge in [-0.1, -0.05) is 39.7 Å². The van der Waals surface area contributed by atoms with Crippen LogP contribution in [0.2, 0.25) is 5.02 Å². The minimum atomic E-state index is 0.810. The lowest BCUT2D eigenvalue weighted by Crippen LogP contribution is -2.25. The molecule has 1 aliphatic rings. The first-order valence-electron chi connectivity index (χ1n) is 6.37. The molecule has 1 saturated heterocycles. The smallest absolute Gasteiger partial charge is 0.0642 e. The Morgan fingerprint density at radius 2 is 2.22 bits per heavy atom. The maximum atomic E-state index is 6.40. The molecule has 1 aliphatic heterocycles. The lowest BCUT2D eigenvalue weighted by molar-refractivity contribution is 0.745. The molecule has 0 amide bonds. The third-order valence-corrected chi connectivity index (χ3v) is 5.59. The predicted octanol–water partition coefficient (Wildman–Crippen LogP) is 4.96. The van der Waals surface area contributed by atoms with Crippen molar-refractivity contribution in [1.82, 2.24) is 0 Å². The van der Waals surface area contributed by atoms with E-state index in [2.05, 4.69) is 33.2 Å². The minimum absolute atomic E-state index is 0.810. The number of hydrogen-bond acceptors (Lipinski definition) is 2. The number of halogens is 2. The van der Waals surface area contributed by atoms with Crippen molar-refractivity contribution in [2.45, 2.75) is 29.8 Å². The highest BCUT2D eigenvalue weighted by Gasteiger charge is 2.19. The Kier molecular flexibility index (Phi) is 5.71. The maximum absolute atomic E-state index is 6.40. The zero-order valence-corrected chi connectivity index (χ0v) is 13.8. The molecular weight excluding hydrogens is 330 g/mol. The van der Waals surface area contributed by atoms with Gasteiger partial charge in [-0.05, 0) is 37.1 Å². The van der Waals surface area contributed by atoms with E-state index >= 15 is 0 Å². The molecule has 0 bridgehead atoms. The second-order valence-corrected chi connectivity index (χ2v) is 6.76. The van der Waals surface area contributed by atoms with E-state index in [0.717, 1.165) is 28.7 Å². The molecule has 18 heavy (non-hydrogen) atoms. The number of anilines is 1. The van der Waals surface area contributed by atoms with Gasteiger partial charge in [0.15, 0.2) is 0 Å². The van der Waals surface area contributed by atoms with Crippen LogP contribution in [-0.2, 0) is 5.33 Å². The molecule has 1 fully saturated rings. The number of para-hydroxylation sites is 1. The molecule has 1 aromatic rings. The van der Waals surface area contributed by atoms with Crippen molar-refractivity contribution in [2.75, 3.05) is 24.2 Å². The summed E-state index contributed by atoms with van der Waals surface area (Å²) in [5.41, 5.74) is 2.53. The van der Waals surface area contributed by atoms with Gasteiger partial charge in [0.05, 0.1) is 10.7 Å². The van der Waals surface area contributed by atoms with Crippen LogP contribution in [0.3, 0.4) is 0 Å². The molecule has 0 N–H and O–H groups in total. The fourth-order valence-corrected chi connectivity index (χ4v) is 4.06. The van der Waals surface area contributed by atoms with E-state index in [1.165, 1.54) is 30.5 Å². The number of nitrogens with zero attached hydrogens (tertiary/aromatic N) is 1. The average Bonchev–Trinajstić information content (AvgIpc) is 2.63. The van der Waals surface area contributed by atoms with Gasteiger partial charge in [-0.2, -0.15) is 11.8 Å². The fraction of sp³-hybridized carbons (Fsp3) is 0.571. The summed E-state index contributed by atoms with van der Waals surface area (Å²) >= 11 is 12.0. The van der Waals surface area contributed by atoms with Gasteiger partial charge >= 0.3 is 0 Å². The molecule has 100 valence electrons. The van der Waals surface area contributed by atoms with Crippen LogP contribution in [0, 0.1) is 0 Å². The summed E-state index contributed by atoms with van der Waals surface area (Å²) in [6.45, 7) is 2.25. The summed E-state index contributed by atoms with van der Waals surface area (Å²) < 4.78 is 0. The van der Waals surface area contributed by atoms with Crippen LogP contribution in [0.5, 0.6) is 0 Å². The zero-order valence-electron chi connectivity index (χ0n) is 10.7. The van der Waals surface area contributed by atoms with Crippen molar-refractivity contribution in [3.63, 3.8) is 0 Å². The van der Waals surface area contributed by atoms with E-state index in [1.807, 2.05) is 23.9 Å². The summed E-state index contributed by atoms with van der Waals surface area (Å²) in [6, 6.07) is 6.19. The number of rotatable bonds is 3. The Bertz CT molecular complexity index is 399.